The number of H-pyrrole nitrogens is 1. The first-order chi connectivity index (χ1) is 9.74. The average molecular weight is 265 g/mol. The molecule has 0 spiro atoms. The van der Waals surface area contributed by atoms with Crippen molar-refractivity contribution in [2.24, 2.45) is 0 Å². The third-order valence-corrected chi connectivity index (χ3v) is 2.92. The van der Waals surface area contributed by atoms with Gasteiger partial charge in [0.25, 0.3) is 0 Å². The van der Waals surface area contributed by atoms with Crippen LogP contribution in [0, 0.1) is 0 Å². The van der Waals surface area contributed by atoms with Gasteiger partial charge < -0.3 is 5.11 Å². The summed E-state index contributed by atoms with van der Waals surface area (Å²) < 4.78 is 0. The van der Waals surface area contributed by atoms with E-state index >= 15 is 0 Å². The van der Waals surface area contributed by atoms with Crippen LogP contribution in [0.3, 0.4) is 0 Å². The largest absolute Gasteiger partial charge is 0.478 e. The Kier molecular flexibility index (Phi) is 3.01. The first-order valence-electron chi connectivity index (χ1n) is 6.05. The zero-order valence-electron chi connectivity index (χ0n) is 10.4. The standard InChI is InChI=1S/C15H11N3O2/c19-15(20)12-8-6-11(7-9-12)14-16-13(17-18-14)10-4-2-1-3-5-10/h1-9H,(H,19,20)(H,16,17,18). The molecule has 1 aromatic heterocycles. The third-order valence-electron chi connectivity index (χ3n) is 2.92. The maximum absolute atomic E-state index is 10.8. The number of carbonyl (C=O) groups is 1. The maximum atomic E-state index is 10.8. The van der Waals surface area contributed by atoms with Crippen molar-refractivity contribution in [1.29, 1.82) is 0 Å². The van der Waals surface area contributed by atoms with Crippen LogP contribution < -0.4 is 0 Å². The van der Waals surface area contributed by atoms with Crippen molar-refractivity contribution < 1.29 is 9.90 Å². The number of aromatic nitrogens is 3. The lowest BCUT2D eigenvalue weighted by molar-refractivity contribution is 0.0697. The van der Waals surface area contributed by atoms with E-state index in [0.717, 1.165) is 11.1 Å². The Morgan fingerprint density at radius 2 is 1.65 bits per heavy atom. The zero-order valence-corrected chi connectivity index (χ0v) is 10.4. The quantitative estimate of drug-likeness (QED) is 0.763. The van der Waals surface area contributed by atoms with Crippen LogP contribution in [0.1, 0.15) is 10.4 Å². The summed E-state index contributed by atoms with van der Waals surface area (Å²) in [6.07, 6.45) is 0. The molecule has 3 rings (SSSR count). The van der Waals surface area contributed by atoms with Crippen molar-refractivity contribution in [3.8, 4) is 22.8 Å². The smallest absolute Gasteiger partial charge is 0.335 e. The minimum Gasteiger partial charge on any atom is -0.478 e. The molecule has 98 valence electrons. The molecule has 0 aliphatic carbocycles. The van der Waals surface area contributed by atoms with Gasteiger partial charge in [0.1, 0.15) is 0 Å². The van der Waals surface area contributed by atoms with E-state index in [0.29, 0.717) is 11.6 Å². The Hall–Kier alpha value is -2.95. The van der Waals surface area contributed by atoms with Gasteiger partial charge in [0.05, 0.1) is 5.56 Å². The SMILES string of the molecule is O=C(O)c1ccc(-c2nc(-c3ccccc3)n[nH]2)cc1. The Morgan fingerprint density at radius 3 is 2.30 bits per heavy atom. The van der Waals surface area contributed by atoms with Crippen LogP contribution in [0.15, 0.2) is 54.6 Å². The highest BCUT2D eigenvalue weighted by molar-refractivity contribution is 5.88. The Balaban J connectivity index is 1.92. The molecular weight excluding hydrogens is 254 g/mol. The predicted octanol–water partition coefficient (Wildman–Crippen LogP) is 2.84. The molecule has 0 saturated heterocycles. The normalized spacial score (nSPS) is 10.4. The second-order valence-corrected chi connectivity index (χ2v) is 4.26. The second kappa shape index (κ2) is 4.97. The van der Waals surface area contributed by atoms with E-state index in [1.54, 1.807) is 24.3 Å². The lowest BCUT2D eigenvalue weighted by Gasteiger charge is -1.97. The number of nitrogens with zero attached hydrogens (tertiary/aromatic N) is 2. The number of carboxylic acids is 1. The van der Waals surface area contributed by atoms with Gasteiger partial charge in [0, 0.05) is 11.1 Å². The van der Waals surface area contributed by atoms with Crippen molar-refractivity contribution in [2.75, 3.05) is 0 Å². The fourth-order valence-electron chi connectivity index (χ4n) is 1.88. The number of hydrogen-bond donors (Lipinski definition) is 2. The van der Waals surface area contributed by atoms with Crippen LogP contribution in [0.2, 0.25) is 0 Å². The molecule has 0 amide bonds. The van der Waals surface area contributed by atoms with Crippen molar-refractivity contribution in [1.82, 2.24) is 15.2 Å². The molecule has 0 aliphatic heterocycles. The topological polar surface area (TPSA) is 78.9 Å². The third kappa shape index (κ3) is 2.29. The number of hydrogen-bond acceptors (Lipinski definition) is 3. The maximum Gasteiger partial charge on any atom is 0.335 e. The van der Waals surface area contributed by atoms with Gasteiger partial charge in [0.15, 0.2) is 11.6 Å². The summed E-state index contributed by atoms with van der Waals surface area (Å²) >= 11 is 0. The first kappa shape index (κ1) is 12.1. The zero-order chi connectivity index (χ0) is 13.9. The molecule has 20 heavy (non-hydrogen) atoms. The molecule has 2 aromatic carbocycles. The predicted molar refractivity (Wildman–Crippen MR) is 74.2 cm³/mol. The summed E-state index contributed by atoms with van der Waals surface area (Å²) in [5.74, 6) is 0.280. The van der Waals surface area contributed by atoms with Gasteiger partial charge in [-0.3, -0.25) is 5.10 Å². The highest BCUT2D eigenvalue weighted by atomic mass is 16.4. The summed E-state index contributed by atoms with van der Waals surface area (Å²) in [6, 6.07) is 16.1. The van der Waals surface area contributed by atoms with Gasteiger partial charge in [-0.1, -0.05) is 42.5 Å². The van der Waals surface area contributed by atoms with E-state index in [1.165, 1.54) is 0 Å². The molecule has 3 aromatic rings. The van der Waals surface area contributed by atoms with Crippen molar-refractivity contribution in [3.05, 3.63) is 60.2 Å². The minimum atomic E-state index is -0.945. The number of rotatable bonds is 3. The molecule has 0 saturated carbocycles. The van der Waals surface area contributed by atoms with E-state index in [1.807, 2.05) is 30.3 Å². The Morgan fingerprint density at radius 1 is 0.950 bits per heavy atom. The van der Waals surface area contributed by atoms with E-state index < -0.39 is 5.97 Å². The Labute approximate surface area is 114 Å². The molecule has 5 heteroatoms. The van der Waals surface area contributed by atoms with Crippen LogP contribution >= 0.6 is 0 Å². The Bertz CT molecular complexity index is 733. The molecule has 0 fully saturated rings. The fraction of sp³-hybridized carbons (Fsp3) is 0. The van der Waals surface area contributed by atoms with Crippen LogP contribution in [0.4, 0.5) is 0 Å². The van der Waals surface area contributed by atoms with E-state index in [-0.39, 0.29) is 5.56 Å². The molecule has 0 atom stereocenters. The molecule has 0 aliphatic rings. The van der Waals surface area contributed by atoms with Crippen molar-refractivity contribution in [3.63, 3.8) is 0 Å². The van der Waals surface area contributed by atoms with Crippen LogP contribution in [-0.4, -0.2) is 26.3 Å². The van der Waals surface area contributed by atoms with Gasteiger partial charge >= 0.3 is 5.97 Å². The molecule has 0 unspecified atom stereocenters. The lowest BCUT2D eigenvalue weighted by Crippen LogP contribution is -1.95. The number of aromatic amines is 1. The van der Waals surface area contributed by atoms with Crippen LogP contribution in [0.5, 0.6) is 0 Å². The summed E-state index contributed by atoms with van der Waals surface area (Å²) in [5.41, 5.74) is 1.97. The molecular formula is C15H11N3O2. The molecule has 0 radical (unpaired) electrons. The molecule has 0 bridgehead atoms. The fourth-order valence-corrected chi connectivity index (χ4v) is 1.88. The van der Waals surface area contributed by atoms with Gasteiger partial charge in [-0.05, 0) is 12.1 Å². The summed E-state index contributed by atoms with van der Waals surface area (Å²) in [7, 11) is 0. The second-order valence-electron chi connectivity index (χ2n) is 4.26. The highest BCUT2D eigenvalue weighted by Gasteiger charge is 2.08. The summed E-state index contributed by atoms with van der Waals surface area (Å²) in [4.78, 5) is 15.2. The van der Waals surface area contributed by atoms with Crippen molar-refractivity contribution >= 4 is 5.97 Å². The van der Waals surface area contributed by atoms with Gasteiger partial charge in [-0.15, -0.1) is 0 Å². The highest BCUT2D eigenvalue weighted by Crippen LogP contribution is 2.20. The van der Waals surface area contributed by atoms with E-state index in [2.05, 4.69) is 15.2 Å². The summed E-state index contributed by atoms with van der Waals surface area (Å²) in [5, 5.41) is 15.9. The van der Waals surface area contributed by atoms with Crippen LogP contribution in [0.25, 0.3) is 22.8 Å². The average Bonchev–Trinajstić information content (AvgIpc) is 2.98. The monoisotopic (exact) mass is 265 g/mol. The van der Waals surface area contributed by atoms with E-state index in [9.17, 15) is 4.79 Å². The molecule has 5 nitrogen and oxygen atoms in total. The number of nitrogens with one attached hydrogen (secondary N) is 1. The number of benzene rings is 2. The van der Waals surface area contributed by atoms with Gasteiger partial charge in [-0.25, -0.2) is 9.78 Å². The minimum absolute atomic E-state index is 0.247. The van der Waals surface area contributed by atoms with E-state index in [4.69, 9.17) is 5.11 Å². The lowest BCUT2D eigenvalue weighted by atomic mass is 10.1. The first-order valence-corrected chi connectivity index (χ1v) is 6.05. The molecule has 1 heterocycles. The number of carboxylic acid groups (broad SMARTS) is 1. The molecule has 2 N–H and O–H groups in total. The van der Waals surface area contributed by atoms with Crippen molar-refractivity contribution in [2.45, 2.75) is 0 Å². The van der Waals surface area contributed by atoms with Crippen LogP contribution in [-0.2, 0) is 0 Å². The van der Waals surface area contributed by atoms with Gasteiger partial charge in [-0.2, -0.15) is 5.10 Å². The van der Waals surface area contributed by atoms with Gasteiger partial charge in [0.2, 0.25) is 0 Å². The number of aromatic carboxylic acids is 1. The summed E-state index contributed by atoms with van der Waals surface area (Å²) in [6.45, 7) is 0.